The third-order valence-electron chi connectivity index (χ3n) is 3.34. The molecule has 0 N–H and O–H groups in total. The summed E-state index contributed by atoms with van der Waals surface area (Å²) in [5.41, 5.74) is 5.75. The van der Waals surface area contributed by atoms with E-state index in [4.69, 9.17) is 0 Å². The highest BCUT2D eigenvalue weighted by Crippen LogP contribution is 2.35. The van der Waals surface area contributed by atoms with Gasteiger partial charge in [0.1, 0.15) is 0 Å². The van der Waals surface area contributed by atoms with Crippen LogP contribution in [0.2, 0.25) is 0 Å². The van der Waals surface area contributed by atoms with E-state index < -0.39 is 0 Å². The van der Waals surface area contributed by atoms with Crippen molar-refractivity contribution >= 4 is 0 Å². The summed E-state index contributed by atoms with van der Waals surface area (Å²) >= 11 is 0. The van der Waals surface area contributed by atoms with Gasteiger partial charge in [0.25, 0.3) is 0 Å². The Balaban J connectivity index is 0.000000209. The molecule has 1 aliphatic rings. The fraction of sp³-hybridized carbons (Fsp3) is 0.294. The van der Waals surface area contributed by atoms with Gasteiger partial charge in [0.15, 0.2) is 0 Å². The molecule has 0 aliphatic heterocycles. The molecule has 3 rings (SSSR count). The second-order valence-electron chi connectivity index (χ2n) is 4.89. The van der Waals surface area contributed by atoms with Crippen LogP contribution < -0.4 is 0 Å². The van der Waals surface area contributed by atoms with Crippen LogP contribution in [0, 0.1) is 0 Å². The Bertz CT molecular complexity index is 471. The first-order valence-corrected chi connectivity index (χ1v) is 6.53. The molecule has 0 spiro atoms. The molecule has 0 amide bonds. The molecule has 0 aromatic heterocycles. The molecule has 1 aliphatic carbocycles. The van der Waals surface area contributed by atoms with E-state index in [2.05, 4.69) is 74.4 Å². The smallest absolute Gasteiger partial charge is 0.00135 e. The second kappa shape index (κ2) is 5.83. The van der Waals surface area contributed by atoms with Gasteiger partial charge in [0, 0.05) is 0 Å². The van der Waals surface area contributed by atoms with Crippen molar-refractivity contribution in [1.29, 1.82) is 0 Å². The van der Waals surface area contributed by atoms with Gasteiger partial charge < -0.3 is 4.90 Å². The standard InChI is InChI=1S/C13H10.C4H11N/c1-3-7-12-10(5-1)9-11-6-2-4-8-13(11)12;1-4-5(2)3/h1-8H,9H2;4H2,1-3H3. The first-order chi connectivity index (χ1) is 8.72. The molecule has 0 bridgehead atoms. The number of nitrogens with zero attached hydrogens (tertiary/aromatic N) is 1. The van der Waals surface area contributed by atoms with Gasteiger partial charge in [-0.05, 0) is 49.3 Å². The van der Waals surface area contributed by atoms with E-state index in [1.165, 1.54) is 22.3 Å². The maximum absolute atomic E-state index is 2.22. The molecular formula is C17H21N. The zero-order valence-electron chi connectivity index (χ0n) is 11.5. The Kier molecular flexibility index (Phi) is 4.16. The zero-order valence-corrected chi connectivity index (χ0v) is 11.5. The van der Waals surface area contributed by atoms with Gasteiger partial charge in [0.05, 0.1) is 0 Å². The van der Waals surface area contributed by atoms with Crippen molar-refractivity contribution in [2.75, 3.05) is 20.6 Å². The van der Waals surface area contributed by atoms with Crippen LogP contribution in [0.5, 0.6) is 0 Å². The van der Waals surface area contributed by atoms with Crippen molar-refractivity contribution in [2.24, 2.45) is 0 Å². The van der Waals surface area contributed by atoms with Crippen LogP contribution in [-0.2, 0) is 6.42 Å². The minimum Gasteiger partial charge on any atom is -0.310 e. The molecule has 2 aromatic carbocycles. The second-order valence-corrected chi connectivity index (χ2v) is 4.89. The van der Waals surface area contributed by atoms with Gasteiger partial charge in [-0.15, -0.1) is 0 Å². The van der Waals surface area contributed by atoms with Gasteiger partial charge in [-0.3, -0.25) is 0 Å². The summed E-state index contributed by atoms with van der Waals surface area (Å²) in [5.74, 6) is 0. The van der Waals surface area contributed by atoms with Crippen LogP contribution >= 0.6 is 0 Å². The number of benzene rings is 2. The lowest BCUT2D eigenvalue weighted by atomic mass is 10.1. The summed E-state index contributed by atoms with van der Waals surface area (Å²) < 4.78 is 0. The Hall–Kier alpha value is -1.60. The van der Waals surface area contributed by atoms with Crippen molar-refractivity contribution in [3.8, 4) is 11.1 Å². The quantitative estimate of drug-likeness (QED) is 0.624. The lowest BCUT2D eigenvalue weighted by Gasteiger charge is -2.00. The predicted octanol–water partition coefficient (Wildman–Crippen LogP) is 3.83. The van der Waals surface area contributed by atoms with Crippen molar-refractivity contribution in [1.82, 2.24) is 4.90 Å². The molecular weight excluding hydrogens is 218 g/mol. The third kappa shape index (κ3) is 2.80. The predicted molar refractivity (Wildman–Crippen MR) is 78.9 cm³/mol. The van der Waals surface area contributed by atoms with E-state index in [0.29, 0.717) is 0 Å². The summed E-state index contributed by atoms with van der Waals surface area (Å²) in [5, 5.41) is 0. The summed E-state index contributed by atoms with van der Waals surface area (Å²) in [6.07, 6.45) is 1.10. The molecule has 0 radical (unpaired) electrons. The summed E-state index contributed by atoms with van der Waals surface area (Å²) in [4.78, 5) is 2.12. The average Bonchev–Trinajstić information content (AvgIpc) is 2.78. The molecule has 0 saturated carbocycles. The van der Waals surface area contributed by atoms with Gasteiger partial charge in [-0.1, -0.05) is 55.5 Å². The molecule has 18 heavy (non-hydrogen) atoms. The van der Waals surface area contributed by atoms with Crippen LogP contribution in [0.1, 0.15) is 18.1 Å². The van der Waals surface area contributed by atoms with E-state index in [0.717, 1.165) is 13.0 Å². The van der Waals surface area contributed by atoms with Gasteiger partial charge >= 0.3 is 0 Å². The van der Waals surface area contributed by atoms with Crippen molar-refractivity contribution in [2.45, 2.75) is 13.3 Å². The van der Waals surface area contributed by atoms with Crippen molar-refractivity contribution in [3.63, 3.8) is 0 Å². The molecule has 1 heteroatoms. The van der Waals surface area contributed by atoms with Crippen molar-refractivity contribution in [3.05, 3.63) is 59.7 Å². The molecule has 0 atom stereocenters. The summed E-state index contributed by atoms with van der Waals surface area (Å²) in [6, 6.07) is 17.3. The zero-order chi connectivity index (χ0) is 13.0. The molecule has 0 unspecified atom stereocenters. The SMILES string of the molecule is CCN(C)C.c1ccc2c(c1)Cc1ccccc1-2. The minimum atomic E-state index is 1.10. The number of hydrogen-bond acceptors (Lipinski definition) is 1. The van der Waals surface area contributed by atoms with E-state index in [1.54, 1.807) is 0 Å². The minimum absolute atomic E-state index is 1.10. The molecule has 2 aromatic rings. The lowest BCUT2D eigenvalue weighted by molar-refractivity contribution is 0.434. The molecule has 1 nitrogen and oxygen atoms in total. The molecule has 94 valence electrons. The maximum Gasteiger partial charge on any atom is -0.00135 e. The Morgan fingerprint density at radius 2 is 1.22 bits per heavy atom. The fourth-order valence-corrected chi connectivity index (χ4v) is 2.08. The Morgan fingerprint density at radius 1 is 0.833 bits per heavy atom. The van der Waals surface area contributed by atoms with Gasteiger partial charge in [0.2, 0.25) is 0 Å². The summed E-state index contributed by atoms with van der Waals surface area (Å²) in [6.45, 7) is 3.26. The van der Waals surface area contributed by atoms with Crippen LogP contribution in [0.3, 0.4) is 0 Å². The van der Waals surface area contributed by atoms with E-state index in [-0.39, 0.29) is 0 Å². The molecule has 0 heterocycles. The number of fused-ring (bicyclic) bond motifs is 3. The lowest BCUT2D eigenvalue weighted by Crippen LogP contribution is -2.08. The first-order valence-electron chi connectivity index (χ1n) is 6.53. The normalized spacial score (nSPS) is 11.6. The van der Waals surface area contributed by atoms with Crippen LogP contribution in [0.4, 0.5) is 0 Å². The monoisotopic (exact) mass is 239 g/mol. The molecule has 0 saturated heterocycles. The highest BCUT2D eigenvalue weighted by molar-refractivity contribution is 5.76. The van der Waals surface area contributed by atoms with Gasteiger partial charge in [-0.2, -0.15) is 0 Å². The number of rotatable bonds is 1. The number of hydrogen-bond donors (Lipinski definition) is 0. The first kappa shape index (κ1) is 12.8. The Morgan fingerprint density at radius 3 is 1.61 bits per heavy atom. The van der Waals surface area contributed by atoms with Crippen LogP contribution in [0.15, 0.2) is 48.5 Å². The molecule has 0 fully saturated rings. The third-order valence-corrected chi connectivity index (χ3v) is 3.34. The summed E-state index contributed by atoms with van der Waals surface area (Å²) in [7, 11) is 4.11. The Labute approximate surface area is 110 Å². The van der Waals surface area contributed by atoms with Crippen LogP contribution in [-0.4, -0.2) is 25.5 Å². The van der Waals surface area contributed by atoms with E-state index in [1.807, 2.05) is 0 Å². The van der Waals surface area contributed by atoms with E-state index in [9.17, 15) is 0 Å². The average molecular weight is 239 g/mol. The highest BCUT2D eigenvalue weighted by atomic mass is 15.0. The van der Waals surface area contributed by atoms with Crippen molar-refractivity contribution < 1.29 is 0 Å². The topological polar surface area (TPSA) is 3.24 Å². The maximum atomic E-state index is 2.22. The highest BCUT2D eigenvalue weighted by Gasteiger charge is 2.15. The van der Waals surface area contributed by atoms with Gasteiger partial charge in [-0.25, -0.2) is 0 Å². The largest absolute Gasteiger partial charge is 0.310 e. The van der Waals surface area contributed by atoms with Crippen LogP contribution in [0.25, 0.3) is 11.1 Å². The fourth-order valence-electron chi connectivity index (χ4n) is 2.08. The van der Waals surface area contributed by atoms with E-state index >= 15 is 0 Å².